The SMILES string of the molecule is CC(C)(C)OC(=O)CC(N)=S.CCOC(=O)CC(=O)C(C)Br.CCOC(=O)Cc1nc(CC(=O)O)sc1C. The number of thiazole rings is 1. The third-order valence-electron chi connectivity index (χ3n) is 3.66. The van der Waals surface area contributed by atoms with Gasteiger partial charge in [0, 0.05) is 4.88 Å². The predicted molar refractivity (Wildman–Crippen MR) is 150 cm³/mol. The standard InChI is InChI=1S/C10H13NO4S.C7H11BrO3.C7H13NO2S/c1-3-15-10(14)4-7-6(2)16-8(11-7)5-9(12)13;1-3-11-7(10)4-6(9)5(2)8;1-7(2,3)10-6(9)4-5(8)11/h3-5H2,1-2H3,(H,12,13);5H,3-4H2,1-2H3;4H2,1-3H3,(H2,8,11). The topological polar surface area (TPSA) is 172 Å². The number of aliphatic carboxylic acids is 1. The van der Waals surface area contributed by atoms with E-state index in [1.807, 2.05) is 6.92 Å². The number of ketones is 1. The molecule has 1 unspecified atom stereocenters. The molecule has 38 heavy (non-hydrogen) atoms. The van der Waals surface area contributed by atoms with Crippen LogP contribution in [0.15, 0.2) is 0 Å². The molecule has 0 amide bonds. The van der Waals surface area contributed by atoms with Gasteiger partial charge in [0.1, 0.15) is 17.0 Å². The molecule has 0 saturated heterocycles. The first kappa shape index (κ1) is 37.7. The molecule has 11 nitrogen and oxygen atoms in total. The second kappa shape index (κ2) is 19.6. The average Bonchev–Trinajstić information content (AvgIpc) is 3.04. The third-order valence-corrected chi connectivity index (χ3v) is 5.33. The molecule has 0 spiro atoms. The summed E-state index contributed by atoms with van der Waals surface area (Å²) in [5.41, 5.74) is 5.30. The number of carbonyl (C=O) groups excluding carboxylic acids is 4. The number of nitrogens with zero attached hydrogens (tertiary/aromatic N) is 1. The first-order valence-electron chi connectivity index (χ1n) is 11.6. The first-order chi connectivity index (χ1) is 17.4. The van der Waals surface area contributed by atoms with Crippen LogP contribution in [0.1, 0.15) is 70.0 Å². The maximum atomic E-state index is 11.2. The number of carboxylic acid groups (broad SMARTS) is 1. The summed E-state index contributed by atoms with van der Waals surface area (Å²) in [4.78, 5) is 59.0. The number of hydrogen-bond acceptors (Lipinski definition) is 11. The number of alkyl halides is 1. The fourth-order valence-electron chi connectivity index (χ4n) is 2.22. The van der Waals surface area contributed by atoms with E-state index in [0.717, 1.165) is 4.88 Å². The van der Waals surface area contributed by atoms with Gasteiger partial charge < -0.3 is 25.1 Å². The maximum absolute atomic E-state index is 11.2. The molecule has 0 aliphatic heterocycles. The molecule has 1 atom stereocenters. The first-order valence-corrected chi connectivity index (χ1v) is 13.7. The van der Waals surface area contributed by atoms with Crippen LogP contribution in [-0.2, 0) is 51.0 Å². The summed E-state index contributed by atoms with van der Waals surface area (Å²) >= 11 is 8.90. The number of nitrogens with two attached hydrogens (primary N) is 1. The zero-order valence-electron chi connectivity index (χ0n) is 22.8. The third kappa shape index (κ3) is 21.6. The van der Waals surface area contributed by atoms with E-state index >= 15 is 0 Å². The summed E-state index contributed by atoms with van der Waals surface area (Å²) in [5, 5.41) is 9.13. The van der Waals surface area contributed by atoms with E-state index in [1.54, 1.807) is 41.5 Å². The molecule has 0 bridgehead atoms. The van der Waals surface area contributed by atoms with Gasteiger partial charge >= 0.3 is 23.9 Å². The number of aromatic nitrogens is 1. The largest absolute Gasteiger partial charge is 0.481 e. The van der Waals surface area contributed by atoms with Crippen molar-refractivity contribution in [3.8, 4) is 0 Å². The molecule has 0 aliphatic carbocycles. The van der Waals surface area contributed by atoms with Gasteiger partial charge in [-0.15, -0.1) is 11.3 Å². The van der Waals surface area contributed by atoms with Crippen molar-refractivity contribution in [2.24, 2.45) is 5.73 Å². The Morgan fingerprint density at radius 3 is 1.97 bits per heavy atom. The van der Waals surface area contributed by atoms with Crippen molar-refractivity contribution in [1.29, 1.82) is 0 Å². The van der Waals surface area contributed by atoms with Gasteiger partial charge in [0.2, 0.25) is 0 Å². The molecule has 0 saturated carbocycles. The number of esters is 3. The zero-order chi connectivity index (χ0) is 30.1. The Kier molecular flexibility index (Phi) is 19.4. The molecule has 1 aromatic heterocycles. The van der Waals surface area contributed by atoms with Crippen LogP contribution in [0.4, 0.5) is 0 Å². The molecular weight excluding hydrogens is 604 g/mol. The van der Waals surface area contributed by atoms with Crippen LogP contribution in [0.25, 0.3) is 0 Å². The Morgan fingerprint density at radius 2 is 1.55 bits per heavy atom. The Labute approximate surface area is 240 Å². The molecule has 0 radical (unpaired) electrons. The minimum absolute atomic E-state index is 0.0204. The summed E-state index contributed by atoms with van der Waals surface area (Å²) in [6.45, 7) is 13.0. The lowest BCUT2D eigenvalue weighted by Gasteiger charge is -2.18. The summed E-state index contributed by atoms with van der Waals surface area (Å²) in [6.07, 6.45) is -0.114. The number of thiocarbonyl (C=S) groups is 1. The number of hydrogen-bond donors (Lipinski definition) is 2. The highest BCUT2D eigenvalue weighted by Crippen LogP contribution is 2.18. The lowest BCUT2D eigenvalue weighted by atomic mass is 10.2. The smallest absolute Gasteiger partial charge is 0.313 e. The Balaban J connectivity index is 0. The van der Waals surface area contributed by atoms with Gasteiger partial charge in [-0.05, 0) is 48.5 Å². The Bertz CT molecular complexity index is 957. The predicted octanol–water partition coefficient (Wildman–Crippen LogP) is 3.48. The van der Waals surface area contributed by atoms with Gasteiger partial charge in [0.25, 0.3) is 0 Å². The van der Waals surface area contributed by atoms with E-state index in [9.17, 15) is 24.0 Å². The molecule has 0 fully saturated rings. The van der Waals surface area contributed by atoms with Crippen molar-refractivity contribution in [2.45, 2.75) is 84.6 Å². The molecule has 0 aliphatic rings. The minimum Gasteiger partial charge on any atom is -0.481 e. The van der Waals surface area contributed by atoms with E-state index < -0.39 is 17.5 Å². The summed E-state index contributed by atoms with van der Waals surface area (Å²) in [6, 6.07) is 0. The molecule has 3 N–H and O–H groups in total. The average molecular weight is 642 g/mol. The summed E-state index contributed by atoms with van der Waals surface area (Å²) < 4.78 is 14.3. The highest BCUT2D eigenvalue weighted by atomic mass is 79.9. The van der Waals surface area contributed by atoms with Crippen LogP contribution in [0.5, 0.6) is 0 Å². The Morgan fingerprint density at radius 1 is 1.03 bits per heavy atom. The molecule has 1 rings (SSSR count). The summed E-state index contributed by atoms with van der Waals surface area (Å²) in [5.74, 6) is -2.23. The number of Topliss-reactive ketones (excluding diaryl/α,β-unsaturated/α-hetero) is 1. The molecule has 14 heteroatoms. The Hall–Kier alpha value is -2.45. The van der Waals surface area contributed by atoms with Gasteiger partial charge in [0.15, 0.2) is 5.78 Å². The number of rotatable bonds is 11. The number of ether oxygens (including phenoxy) is 3. The number of carboxylic acids is 1. The zero-order valence-corrected chi connectivity index (χ0v) is 26.0. The van der Waals surface area contributed by atoms with Gasteiger partial charge in [-0.1, -0.05) is 28.1 Å². The lowest BCUT2D eigenvalue weighted by Crippen LogP contribution is -2.26. The minimum atomic E-state index is -0.920. The van der Waals surface area contributed by atoms with Crippen molar-refractivity contribution in [1.82, 2.24) is 4.98 Å². The molecule has 0 aromatic carbocycles. The van der Waals surface area contributed by atoms with E-state index in [-0.39, 0.29) is 53.2 Å². The van der Waals surface area contributed by atoms with Crippen LogP contribution in [-0.4, -0.2) is 68.4 Å². The van der Waals surface area contributed by atoms with E-state index in [2.05, 4.69) is 37.9 Å². The van der Waals surface area contributed by atoms with Crippen molar-refractivity contribution < 1.29 is 43.3 Å². The molecule has 1 heterocycles. The van der Waals surface area contributed by atoms with E-state index in [0.29, 0.717) is 23.9 Å². The van der Waals surface area contributed by atoms with E-state index in [1.165, 1.54) is 11.3 Å². The number of carbonyl (C=O) groups is 5. The van der Waals surface area contributed by atoms with Gasteiger partial charge in [-0.2, -0.15) is 0 Å². The maximum Gasteiger partial charge on any atom is 0.313 e. The van der Waals surface area contributed by atoms with Crippen LogP contribution < -0.4 is 5.73 Å². The van der Waals surface area contributed by atoms with E-state index in [4.69, 9.17) is 20.3 Å². The van der Waals surface area contributed by atoms with Crippen molar-refractivity contribution in [2.75, 3.05) is 13.2 Å². The normalized spacial score (nSPS) is 10.9. The second-order valence-electron chi connectivity index (χ2n) is 8.46. The molecule has 216 valence electrons. The quantitative estimate of drug-likeness (QED) is 0.119. The van der Waals surface area contributed by atoms with Gasteiger partial charge in [-0.25, -0.2) is 4.98 Å². The van der Waals surface area contributed by atoms with Crippen molar-refractivity contribution >= 4 is 74.1 Å². The fourth-order valence-corrected chi connectivity index (χ4v) is 3.44. The number of halogens is 1. The highest BCUT2D eigenvalue weighted by Gasteiger charge is 2.17. The summed E-state index contributed by atoms with van der Waals surface area (Å²) in [7, 11) is 0. The van der Waals surface area contributed by atoms with Gasteiger partial charge in [-0.3, -0.25) is 24.0 Å². The monoisotopic (exact) mass is 640 g/mol. The fraction of sp³-hybridized carbons (Fsp3) is 0.625. The number of aryl methyl sites for hydroxylation is 1. The lowest BCUT2D eigenvalue weighted by molar-refractivity contribution is -0.153. The van der Waals surface area contributed by atoms with Crippen LogP contribution in [0.2, 0.25) is 0 Å². The van der Waals surface area contributed by atoms with Crippen LogP contribution in [0, 0.1) is 6.92 Å². The van der Waals surface area contributed by atoms with Crippen LogP contribution in [0.3, 0.4) is 0 Å². The van der Waals surface area contributed by atoms with Crippen molar-refractivity contribution in [3.63, 3.8) is 0 Å². The van der Waals surface area contributed by atoms with Gasteiger partial charge in [0.05, 0.1) is 48.0 Å². The van der Waals surface area contributed by atoms with Crippen LogP contribution >= 0.6 is 39.5 Å². The molecule has 1 aromatic rings. The molecular formula is C24H37BrN2O9S2. The van der Waals surface area contributed by atoms with Crippen molar-refractivity contribution in [3.05, 3.63) is 15.6 Å². The second-order valence-corrected chi connectivity index (χ2v) is 11.6. The highest BCUT2D eigenvalue weighted by molar-refractivity contribution is 9.10.